The van der Waals surface area contributed by atoms with Gasteiger partial charge in [-0.05, 0) is 56.3 Å². The van der Waals surface area contributed by atoms with E-state index in [9.17, 15) is 8.78 Å². The Morgan fingerprint density at radius 3 is 2.59 bits per heavy atom. The van der Waals surface area contributed by atoms with Crippen molar-refractivity contribution in [3.05, 3.63) is 83.2 Å². The zero-order valence-corrected chi connectivity index (χ0v) is 17.8. The van der Waals surface area contributed by atoms with E-state index in [0.717, 1.165) is 31.5 Å². The van der Waals surface area contributed by atoms with Crippen LogP contribution in [0.2, 0.25) is 5.02 Å². The maximum atomic E-state index is 14.6. The summed E-state index contributed by atoms with van der Waals surface area (Å²) in [6.45, 7) is 2.30. The van der Waals surface area contributed by atoms with Gasteiger partial charge in [0.05, 0.1) is 10.7 Å². The second-order valence-corrected chi connectivity index (χ2v) is 8.26. The molecule has 0 radical (unpaired) electrons. The van der Waals surface area contributed by atoms with Crippen LogP contribution < -0.4 is 0 Å². The molecule has 0 amide bonds. The van der Waals surface area contributed by atoms with Crippen molar-refractivity contribution in [2.75, 3.05) is 13.1 Å². The molecule has 0 unspecified atom stereocenters. The van der Waals surface area contributed by atoms with Gasteiger partial charge < -0.3 is 4.42 Å². The molecule has 1 aliphatic heterocycles. The molecule has 5 rings (SSSR count). The number of halogens is 3. The predicted octanol–water partition coefficient (Wildman–Crippen LogP) is 5.23. The molecule has 0 N–H and O–H groups in total. The molecule has 164 valence electrons. The van der Waals surface area contributed by atoms with Crippen molar-refractivity contribution in [1.82, 2.24) is 24.9 Å². The van der Waals surface area contributed by atoms with Crippen LogP contribution in [0.1, 0.15) is 30.2 Å². The van der Waals surface area contributed by atoms with E-state index in [0.29, 0.717) is 29.4 Å². The summed E-state index contributed by atoms with van der Waals surface area (Å²) >= 11 is 5.96. The average Bonchev–Trinajstić information content (AvgIpc) is 3.47. The first kappa shape index (κ1) is 20.8. The molecule has 9 heteroatoms. The Kier molecular flexibility index (Phi) is 5.71. The zero-order valence-electron chi connectivity index (χ0n) is 17.1. The van der Waals surface area contributed by atoms with E-state index in [1.165, 1.54) is 24.6 Å². The lowest BCUT2D eigenvalue weighted by molar-refractivity contribution is 0.193. The summed E-state index contributed by atoms with van der Waals surface area (Å²) in [4.78, 5) is 2.30. The molecule has 0 saturated carbocycles. The summed E-state index contributed by atoms with van der Waals surface area (Å²) in [5, 5.41) is 12.5. The second-order valence-electron chi connectivity index (χ2n) is 7.85. The SMILES string of the molecule is Fc1ccc(-n2cc(CN3CCC(c4nnco4)CC3)c(-c3ccccc3F)n2)cc1Cl. The Hall–Kier alpha value is -3.10. The van der Waals surface area contributed by atoms with Crippen LogP contribution in [0.15, 0.2) is 59.5 Å². The number of likely N-dealkylation sites (tertiary alicyclic amines) is 1. The minimum absolute atomic E-state index is 0.00934. The van der Waals surface area contributed by atoms with Crippen LogP contribution in [0.25, 0.3) is 16.9 Å². The molecule has 32 heavy (non-hydrogen) atoms. The third kappa shape index (κ3) is 4.16. The van der Waals surface area contributed by atoms with E-state index >= 15 is 0 Å². The maximum absolute atomic E-state index is 14.6. The highest BCUT2D eigenvalue weighted by Gasteiger charge is 2.26. The molecular formula is C23H20ClF2N5O. The van der Waals surface area contributed by atoms with Crippen molar-refractivity contribution in [2.45, 2.75) is 25.3 Å². The molecule has 1 aliphatic rings. The Labute approximate surface area is 188 Å². The van der Waals surface area contributed by atoms with E-state index in [1.807, 2.05) is 6.20 Å². The van der Waals surface area contributed by atoms with Crippen molar-refractivity contribution in [3.63, 3.8) is 0 Å². The predicted molar refractivity (Wildman–Crippen MR) is 115 cm³/mol. The lowest BCUT2D eigenvalue weighted by Crippen LogP contribution is -2.32. The average molecular weight is 456 g/mol. The standard InChI is InChI=1S/C23H20ClF2N5O/c24-19-11-17(5-6-21(19)26)31-13-16(22(29-31)18-3-1-2-4-20(18)25)12-30-9-7-15(8-10-30)23-28-27-14-32-23/h1-6,11,13-15H,7-10,12H2. The molecule has 1 fully saturated rings. The van der Waals surface area contributed by atoms with Crippen LogP contribution in [0.5, 0.6) is 0 Å². The highest BCUT2D eigenvalue weighted by Crippen LogP contribution is 2.31. The van der Waals surface area contributed by atoms with Crippen molar-refractivity contribution in [3.8, 4) is 16.9 Å². The fraction of sp³-hybridized carbons (Fsp3) is 0.261. The molecule has 6 nitrogen and oxygen atoms in total. The van der Waals surface area contributed by atoms with Crippen molar-refractivity contribution in [1.29, 1.82) is 0 Å². The first-order valence-electron chi connectivity index (χ1n) is 10.4. The molecule has 1 saturated heterocycles. The largest absolute Gasteiger partial charge is 0.428 e. The van der Waals surface area contributed by atoms with Gasteiger partial charge in [-0.3, -0.25) is 4.90 Å². The quantitative estimate of drug-likeness (QED) is 0.412. The Bertz CT molecular complexity index is 1220. The highest BCUT2D eigenvalue weighted by atomic mass is 35.5. The summed E-state index contributed by atoms with van der Waals surface area (Å²) < 4.78 is 35.2. The number of benzene rings is 2. The monoisotopic (exact) mass is 455 g/mol. The first-order valence-corrected chi connectivity index (χ1v) is 10.7. The smallest absolute Gasteiger partial charge is 0.219 e. The molecule has 0 spiro atoms. The van der Waals surface area contributed by atoms with Crippen molar-refractivity contribution >= 4 is 11.6 Å². The van der Waals surface area contributed by atoms with Gasteiger partial charge in [0.2, 0.25) is 12.3 Å². The van der Waals surface area contributed by atoms with Gasteiger partial charge in [-0.25, -0.2) is 13.5 Å². The Balaban J connectivity index is 1.43. The highest BCUT2D eigenvalue weighted by molar-refractivity contribution is 6.30. The molecule has 2 aromatic carbocycles. The molecule has 2 aromatic heterocycles. The van der Waals surface area contributed by atoms with Gasteiger partial charge in [-0.1, -0.05) is 23.7 Å². The van der Waals surface area contributed by atoms with E-state index in [-0.39, 0.29) is 16.8 Å². The topological polar surface area (TPSA) is 60.0 Å². The maximum Gasteiger partial charge on any atom is 0.219 e. The van der Waals surface area contributed by atoms with E-state index in [2.05, 4.69) is 20.2 Å². The normalized spacial score (nSPS) is 15.3. The fourth-order valence-electron chi connectivity index (χ4n) is 4.10. The van der Waals surface area contributed by atoms with Gasteiger partial charge in [-0.2, -0.15) is 5.10 Å². The number of nitrogens with zero attached hydrogens (tertiary/aromatic N) is 5. The molecule has 0 bridgehead atoms. The fourth-order valence-corrected chi connectivity index (χ4v) is 4.28. The van der Waals surface area contributed by atoms with Crippen molar-refractivity contribution in [2.24, 2.45) is 0 Å². The third-order valence-corrected chi connectivity index (χ3v) is 6.08. The molecular weight excluding hydrogens is 436 g/mol. The lowest BCUT2D eigenvalue weighted by atomic mass is 9.96. The summed E-state index contributed by atoms with van der Waals surface area (Å²) in [6, 6.07) is 11.0. The number of hydrogen-bond donors (Lipinski definition) is 0. The molecule has 0 aliphatic carbocycles. The van der Waals surface area contributed by atoms with E-state index in [4.69, 9.17) is 16.0 Å². The van der Waals surface area contributed by atoms with Gasteiger partial charge >= 0.3 is 0 Å². The van der Waals surface area contributed by atoms with Crippen LogP contribution in [0, 0.1) is 11.6 Å². The summed E-state index contributed by atoms with van der Waals surface area (Å²) in [5.74, 6) is 0.0917. The summed E-state index contributed by atoms with van der Waals surface area (Å²) in [6.07, 6.45) is 5.02. The zero-order chi connectivity index (χ0) is 22.1. The first-order chi connectivity index (χ1) is 15.6. The van der Waals surface area contributed by atoms with Crippen molar-refractivity contribution < 1.29 is 13.2 Å². The number of piperidine rings is 1. The van der Waals surface area contributed by atoms with Crippen LogP contribution in [0.3, 0.4) is 0 Å². The summed E-state index contributed by atoms with van der Waals surface area (Å²) in [7, 11) is 0. The third-order valence-electron chi connectivity index (χ3n) is 5.79. The van der Waals surface area contributed by atoms with Crippen LogP contribution in [-0.2, 0) is 6.54 Å². The van der Waals surface area contributed by atoms with Crippen LogP contribution >= 0.6 is 11.6 Å². The number of aromatic nitrogens is 4. The minimum Gasteiger partial charge on any atom is -0.428 e. The van der Waals surface area contributed by atoms with Crippen LogP contribution in [0.4, 0.5) is 8.78 Å². The summed E-state index contributed by atoms with van der Waals surface area (Å²) in [5.41, 5.74) is 2.47. The Morgan fingerprint density at radius 2 is 1.88 bits per heavy atom. The number of rotatable bonds is 5. The second kappa shape index (κ2) is 8.80. The van der Waals surface area contributed by atoms with Gasteiger partial charge in [-0.15, -0.1) is 10.2 Å². The number of hydrogen-bond acceptors (Lipinski definition) is 5. The van der Waals surface area contributed by atoms with E-state index < -0.39 is 5.82 Å². The van der Waals surface area contributed by atoms with Gasteiger partial charge in [0.1, 0.15) is 17.3 Å². The van der Waals surface area contributed by atoms with Crippen LogP contribution in [-0.4, -0.2) is 38.0 Å². The molecule has 4 aromatic rings. The van der Waals surface area contributed by atoms with Gasteiger partial charge in [0.15, 0.2) is 0 Å². The van der Waals surface area contributed by atoms with E-state index in [1.54, 1.807) is 28.9 Å². The van der Waals surface area contributed by atoms with Gasteiger partial charge in [0.25, 0.3) is 0 Å². The minimum atomic E-state index is -0.499. The molecule has 0 atom stereocenters. The Morgan fingerprint density at radius 1 is 1.06 bits per heavy atom. The van der Waals surface area contributed by atoms with Gasteiger partial charge in [0, 0.05) is 29.8 Å². The molecule has 3 heterocycles. The lowest BCUT2D eigenvalue weighted by Gasteiger charge is -2.30.